The molecule has 0 radical (unpaired) electrons. The molecule has 0 saturated heterocycles. The molecule has 0 aromatic carbocycles. The Kier molecular flexibility index (Phi) is 49.1. The topological polar surface area (TPSA) is 78.9 Å². The minimum absolute atomic E-state index is 0.115. The van der Waals surface area contributed by atoms with Gasteiger partial charge in [0.15, 0.2) is 6.10 Å². The smallest absolute Gasteiger partial charge is 0.306 e. The first-order valence-corrected chi connectivity index (χ1v) is 26.0. The molecule has 0 bridgehead atoms. The molecule has 0 aliphatic carbocycles. The summed E-state index contributed by atoms with van der Waals surface area (Å²) < 4.78 is 16.7. The Labute approximate surface area is 399 Å². The Morgan fingerprint density at radius 1 is 0.323 bits per heavy atom. The highest BCUT2D eigenvalue weighted by molar-refractivity contribution is 5.71. The van der Waals surface area contributed by atoms with E-state index in [1.807, 2.05) is 0 Å². The molecular weight excluding hydrogens is 805 g/mol. The van der Waals surface area contributed by atoms with E-state index in [-0.39, 0.29) is 31.1 Å². The summed E-state index contributed by atoms with van der Waals surface area (Å²) in [5.41, 5.74) is 0. The molecule has 0 aromatic heterocycles. The minimum atomic E-state index is -0.816. The first kappa shape index (κ1) is 60.8. The van der Waals surface area contributed by atoms with Crippen molar-refractivity contribution in [3.63, 3.8) is 0 Å². The van der Waals surface area contributed by atoms with Gasteiger partial charge in [-0.1, -0.05) is 187 Å². The number of hydrogen-bond donors (Lipinski definition) is 0. The number of allylic oxidation sites excluding steroid dienone is 20. The summed E-state index contributed by atoms with van der Waals surface area (Å²) in [5.74, 6) is -1.00. The normalized spacial score (nSPS) is 13.1. The molecule has 0 aliphatic rings. The Morgan fingerprint density at radius 2 is 0.600 bits per heavy atom. The number of ether oxygens (including phenoxy) is 3. The van der Waals surface area contributed by atoms with Crippen LogP contribution < -0.4 is 0 Å². The average molecular weight is 899 g/mol. The SMILES string of the molecule is CC/C=C\C/C=C\C/C=C\C/C=C\C/C=C\CCCCCC(=O)OC[C@H](COC(=O)CCCC/C=C\C/C=C\C/C=C\C/C=C\CC)OC(=O)CCCCCCC/C=C\CCCCCC. The molecule has 0 aliphatic heterocycles. The zero-order valence-electron chi connectivity index (χ0n) is 41.7. The first-order chi connectivity index (χ1) is 32.0. The Balaban J connectivity index is 4.53. The van der Waals surface area contributed by atoms with Crippen molar-refractivity contribution >= 4 is 17.9 Å². The molecule has 0 spiro atoms. The van der Waals surface area contributed by atoms with Crippen LogP contribution in [0.15, 0.2) is 122 Å². The maximum Gasteiger partial charge on any atom is 0.306 e. The lowest BCUT2D eigenvalue weighted by atomic mass is 10.1. The van der Waals surface area contributed by atoms with Gasteiger partial charge in [0.1, 0.15) is 13.2 Å². The van der Waals surface area contributed by atoms with E-state index in [1.54, 1.807) is 0 Å². The maximum absolute atomic E-state index is 12.8. The molecule has 0 rings (SSSR count). The third-order valence-corrected chi connectivity index (χ3v) is 10.4. The van der Waals surface area contributed by atoms with E-state index in [2.05, 4.69) is 142 Å². The first-order valence-electron chi connectivity index (χ1n) is 26.0. The van der Waals surface area contributed by atoms with Crippen molar-refractivity contribution in [2.45, 2.75) is 219 Å². The van der Waals surface area contributed by atoms with Crippen LogP contribution >= 0.6 is 0 Å². The lowest BCUT2D eigenvalue weighted by molar-refractivity contribution is -0.167. The van der Waals surface area contributed by atoms with E-state index in [9.17, 15) is 14.4 Å². The summed E-state index contributed by atoms with van der Waals surface area (Å²) in [6.07, 6.45) is 71.8. The summed E-state index contributed by atoms with van der Waals surface area (Å²) in [4.78, 5) is 38.0. The van der Waals surface area contributed by atoms with Crippen LogP contribution in [0.4, 0.5) is 0 Å². The average Bonchev–Trinajstić information content (AvgIpc) is 3.30. The van der Waals surface area contributed by atoms with Crippen molar-refractivity contribution in [1.82, 2.24) is 0 Å². The summed E-state index contributed by atoms with van der Waals surface area (Å²) in [6, 6.07) is 0. The van der Waals surface area contributed by atoms with Crippen LogP contribution in [0.5, 0.6) is 0 Å². The third kappa shape index (κ3) is 50.7. The minimum Gasteiger partial charge on any atom is -0.462 e. The van der Waals surface area contributed by atoms with E-state index in [0.29, 0.717) is 25.7 Å². The number of carbonyl (C=O) groups excluding carboxylic acids is 3. The molecule has 6 heteroatoms. The Bertz CT molecular complexity index is 1400. The van der Waals surface area contributed by atoms with Crippen LogP contribution in [0.2, 0.25) is 0 Å². The van der Waals surface area contributed by atoms with Gasteiger partial charge in [0, 0.05) is 19.3 Å². The molecule has 0 aromatic rings. The molecule has 0 fully saturated rings. The van der Waals surface area contributed by atoms with Crippen LogP contribution in [0.1, 0.15) is 213 Å². The van der Waals surface area contributed by atoms with Crippen molar-refractivity contribution < 1.29 is 28.6 Å². The van der Waals surface area contributed by atoms with Gasteiger partial charge in [-0.15, -0.1) is 0 Å². The third-order valence-electron chi connectivity index (χ3n) is 10.4. The Hall–Kier alpha value is -4.19. The summed E-state index contributed by atoms with van der Waals surface area (Å²) >= 11 is 0. The van der Waals surface area contributed by atoms with Crippen molar-refractivity contribution in [1.29, 1.82) is 0 Å². The van der Waals surface area contributed by atoms with E-state index < -0.39 is 6.10 Å². The molecule has 6 nitrogen and oxygen atoms in total. The van der Waals surface area contributed by atoms with Gasteiger partial charge >= 0.3 is 17.9 Å². The molecule has 0 heterocycles. The van der Waals surface area contributed by atoms with Gasteiger partial charge in [0.25, 0.3) is 0 Å². The Morgan fingerprint density at radius 3 is 1.00 bits per heavy atom. The second kappa shape index (κ2) is 52.4. The van der Waals surface area contributed by atoms with Crippen molar-refractivity contribution in [2.24, 2.45) is 0 Å². The predicted octanol–water partition coefficient (Wildman–Crippen LogP) is 17.3. The zero-order valence-corrected chi connectivity index (χ0v) is 41.7. The summed E-state index contributed by atoms with van der Waals surface area (Å²) in [5, 5.41) is 0. The largest absolute Gasteiger partial charge is 0.462 e. The second-order valence-corrected chi connectivity index (χ2v) is 16.7. The summed E-state index contributed by atoms with van der Waals surface area (Å²) in [7, 11) is 0. The summed E-state index contributed by atoms with van der Waals surface area (Å²) in [6.45, 7) is 6.30. The molecule has 0 saturated carbocycles. The standard InChI is InChI=1S/C59H94O6/c1-4-7-10-13-16-19-22-25-27-28-29-30-32-35-37-40-43-46-49-52-58(61)64-55-56(65-59(62)53-50-47-44-41-38-33-24-21-18-15-12-9-6-3)54-63-57(60)51-48-45-42-39-36-34-31-26-23-20-17-14-11-8-5-2/h7-8,10-11,16-17,19-21,24-27,29-31,35-37,39,56H,4-6,9,12-15,18,22-23,28,32-34,38,40-55H2,1-3H3/b10-7-,11-8-,19-16-,20-17-,24-21-,27-25-,30-29-,31-26-,37-35-,39-36-/t56-/m0/s1. The van der Waals surface area contributed by atoms with Crippen LogP contribution in [0, 0.1) is 0 Å². The van der Waals surface area contributed by atoms with Gasteiger partial charge in [0.05, 0.1) is 0 Å². The number of hydrogen-bond acceptors (Lipinski definition) is 6. The predicted molar refractivity (Wildman–Crippen MR) is 279 cm³/mol. The van der Waals surface area contributed by atoms with Gasteiger partial charge in [-0.3, -0.25) is 14.4 Å². The molecule has 0 N–H and O–H groups in total. The van der Waals surface area contributed by atoms with Crippen LogP contribution in [0.3, 0.4) is 0 Å². The fourth-order valence-electron chi connectivity index (χ4n) is 6.57. The van der Waals surface area contributed by atoms with Gasteiger partial charge in [-0.25, -0.2) is 0 Å². The molecule has 0 amide bonds. The monoisotopic (exact) mass is 899 g/mol. The van der Waals surface area contributed by atoms with E-state index in [0.717, 1.165) is 128 Å². The lowest BCUT2D eigenvalue weighted by Crippen LogP contribution is -2.30. The van der Waals surface area contributed by atoms with Crippen molar-refractivity contribution in [2.75, 3.05) is 13.2 Å². The van der Waals surface area contributed by atoms with E-state index in [4.69, 9.17) is 14.2 Å². The molecule has 0 unspecified atom stereocenters. The molecule has 65 heavy (non-hydrogen) atoms. The fourth-order valence-corrected chi connectivity index (χ4v) is 6.57. The number of unbranched alkanes of at least 4 members (excludes halogenated alkanes) is 14. The molecular formula is C59H94O6. The van der Waals surface area contributed by atoms with Crippen molar-refractivity contribution in [3.05, 3.63) is 122 Å². The van der Waals surface area contributed by atoms with Crippen LogP contribution in [-0.4, -0.2) is 37.2 Å². The quantitative estimate of drug-likeness (QED) is 0.0262. The maximum atomic E-state index is 12.8. The van der Waals surface area contributed by atoms with Crippen LogP contribution in [0.25, 0.3) is 0 Å². The van der Waals surface area contributed by atoms with Gasteiger partial charge in [-0.05, 0) is 128 Å². The van der Waals surface area contributed by atoms with Gasteiger partial charge < -0.3 is 14.2 Å². The zero-order chi connectivity index (χ0) is 47.2. The highest BCUT2D eigenvalue weighted by atomic mass is 16.6. The highest BCUT2D eigenvalue weighted by Gasteiger charge is 2.19. The fraction of sp³-hybridized carbons (Fsp3) is 0.610. The van der Waals surface area contributed by atoms with E-state index >= 15 is 0 Å². The number of carbonyl (C=O) groups is 3. The van der Waals surface area contributed by atoms with Crippen LogP contribution in [-0.2, 0) is 28.6 Å². The van der Waals surface area contributed by atoms with Gasteiger partial charge in [0.2, 0.25) is 0 Å². The van der Waals surface area contributed by atoms with E-state index in [1.165, 1.54) is 38.5 Å². The van der Waals surface area contributed by atoms with Gasteiger partial charge in [-0.2, -0.15) is 0 Å². The second-order valence-electron chi connectivity index (χ2n) is 16.7. The molecule has 366 valence electrons. The highest BCUT2D eigenvalue weighted by Crippen LogP contribution is 2.12. The van der Waals surface area contributed by atoms with Crippen molar-refractivity contribution in [3.8, 4) is 0 Å². The molecule has 1 atom stereocenters. The number of esters is 3. The lowest BCUT2D eigenvalue weighted by Gasteiger charge is -2.18. The number of rotatable bonds is 45.